The molecule has 0 unspecified atom stereocenters. The van der Waals surface area contributed by atoms with E-state index in [2.05, 4.69) is 34.8 Å². The van der Waals surface area contributed by atoms with Crippen LogP contribution >= 0.6 is 0 Å². The number of amides is 1. The molecule has 1 fully saturated rings. The largest absolute Gasteiger partial charge is 0.334 e. The van der Waals surface area contributed by atoms with Crippen LogP contribution in [0.3, 0.4) is 0 Å². The highest BCUT2D eigenvalue weighted by molar-refractivity contribution is 5.95. The van der Waals surface area contributed by atoms with Gasteiger partial charge in [0.1, 0.15) is 5.69 Å². The van der Waals surface area contributed by atoms with Crippen molar-refractivity contribution in [2.24, 2.45) is 5.92 Å². The molecule has 4 rings (SSSR count). The van der Waals surface area contributed by atoms with Crippen molar-refractivity contribution in [3.63, 3.8) is 0 Å². The van der Waals surface area contributed by atoms with Gasteiger partial charge in [0.15, 0.2) is 0 Å². The summed E-state index contributed by atoms with van der Waals surface area (Å²) in [5, 5.41) is 1.06. The van der Waals surface area contributed by atoms with Crippen molar-refractivity contribution in [3.8, 4) is 0 Å². The van der Waals surface area contributed by atoms with Crippen LogP contribution in [0.5, 0.6) is 0 Å². The molecule has 1 amide bonds. The summed E-state index contributed by atoms with van der Waals surface area (Å²) in [6.07, 6.45) is 3.73. The summed E-state index contributed by atoms with van der Waals surface area (Å²) in [5.41, 5.74) is 2.60. The van der Waals surface area contributed by atoms with Crippen molar-refractivity contribution in [3.05, 3.63) is 72.2 Å². The number of fused-ring (bicyclic) bond motifs is 1. The number of hydrogen-bond acceptors (Lipinski definition) is 4. The average molecular weight is 374 g/mol. The molecule has 0 saturated carbocycles. The van der Waals surface area contributed by atoms with E-state index in [4.69, 9.17) is 0 Å². The third-order valence-electron chi connectivity index (χ3n) is 5.19. The van der Waals surface area contributed by atoms with Crippen LogP contribution in [0.2, 0.25) is 0 Å². The van der Waals surface area contributed by atoms with Gasteiger partial charge in [0.05, 0.1) is 5.52 Å². The zero-order valence-corrected chi connectivity index (χ0v) is 16.5. The fourth-order valence-electron chi connectivity index (χ4n) is 3.74. The first-order valence-electron chi connectivity index (χ1n) is 9.88. The predicted molar refractivity (Wildman–Crippen MR) is 111 cm³/mol. The molecule has 0 spiro atoms. The molecule has 1 saturated heterocycles. The van der Waals surface area contributed by atoms with E-state index < -0.39 is 0 Å². The van der Waals surface area contributed by atoms with Crippen molar-refractivity contribution in [1.82, 2.24) is 19.8 Å². The number of aromatic nitrogens is 2. The van der Waals surface area contributed by atoms with Gasteiger partial charge in [-0.25, -0.2) is 4.98 Å². The minimum atomic E-state index is 0.0212. The van der Waals surface area contributed by atoms with Gasteiger partial charge in [-0.1, -0.05) is 44.2 Å². The lowest BCUT2D eigenvalue weighted by Gasteiger charge is -2.46. The summed E-state index contributed by atoms with van der Waals surface area (Å²) in [4.78, 5) is 26.0. The van der Waals surface area contributed by atoms with Gasteiger partial charge in [0.25, 0.3) is 5.91 Å². The second-order valence-electron chi connectivity index (χ2n) is 7.94. The molecule has 144 valence electrons. The number of benzene rings is 1. The van der Waals surface area contributed by atoms with E-state index >= 15 is 0 Å². The minimum absolute atomic E-state index is 0.0212. The third kappa shape index (κ3) is 4.04. The summed E-state index contributed by atoms with van der Waals surface area (Å²) < 4.78 is 0. The number of carbonyl (C=O) groups is 1. The normalized spacial score (nSPS) is 14.6. The number of pyridine rings is 2. The Morgan fingerprint density at radius 3 is 2.71 bits per heavy atom. The Hall–Kier alpha value is -2.79. The third-order valence-corrected chi connectivity index (χ3v) is 5.19. The minimum Gasteiger partial charge on any atom is -0.334 e. The molecule has 1 aliphatic rings. The molecule has 2 aromatic heterocycles. The van der Waals surface area contributed by atoms with Gasteiger partial charge in [-0.3, -0.25) is 14.7 Å². The number of rotatable bonds is 6. The quantitative estimate of drug-likeness (QED) is 0.661. The van der Waals surface area contributed by atoms with Crippen LogP contribution in [0.25, 0.3) is 10.9 Å². The molecular formula is C23H26N4O. The Morgan fingerprint density at radius 1 is 1.14 bits per heavy atom. The van der Waals surface area contributed by atoms with E-state index in [1.54, 1.807) is 6.20 Å². The number of nitrogens with zero attached hydrogens (tertiary/aromatic N) is 4. The van der Waals surface area contributed by atoms with Gasteiger partial charge in [0, 0.05) is 50.0 Å². The Kier molecular flexibility index (Phi) is 5.35. The highest BCUT2D eigenvalue weighted by Crippen LogP contribution is 2.22. The first-order valence-corrected chi connectivity index (χ1v) is 9.88. The molecule has 1 aromatic carbocycles. The maximum atomic E-state index is 12.9. The number of para-hydroxylation sites is 1. The topological polar surface area (TPSA) is 49.3 Å². The summed E-state index contributed by atoms with van der Waals surface area (Å²) in [6, 6.07) is 16.2. The van der Waals surface area contributed by atoms with Gasteiger partial charge in [-0.2, -0.15) is 0 Å². The van der Waals surface area contributed by atoms with E-state index in [1.807, 2.05) is 53.6 Å². The van der Waals surface area contributed by atoms with Gasteiger partial charge in [-0.05, 0) is 29.7 Å². The smallest absolute Gasteiger partial charge is 0.272 e. The van der Waals surface area contributed by atoms with Crippen LogP contribution < -0.4 is 0 Å². The first-order chi connectivity index (χ1) is 13.6. The number of hydrogen-bond donors (Lipinski definition) is 0. The Labute approximate surface area is 166 Å². The standard InChI is InChI=1S/C23H26N4O/c1-17(2)13-26(14-18-6-5-11-24-12-18)20-15-27(16-20)23(28)22-10-9-19-7-3-4-8-21(19)25-22/h3-12,17,20H,13-16H2,1-2H3. The first kappa shape index (κ1) is 18.6. The van der Waals surface area contributed by atoms with Crippen molar-refractivity contribution in [2.75, 3.05) is 19.6 Å². The molecule has 28 heavy (non-hydrogen) atoms. The second kappa shape index (κ2) is 8.07. The van der Waals surface area contributed by atoms with Crippen LogP contribution in [-0.2, 0) is 6.54 Å². The van der Waals surface area contributed by atoms with E-state index in [9.17, 15) is 4.79 Å². The molecular weight excluding hydrogens is 348 g/mol. The summed E-state index contributed by atoms with van der Waals surface area (Å²) in [6.45, 7) is 7.84. The van der Waals surface area contributed by atoms with Gasteiger partial charge < -0.3 is 4.90 Å². The molecule has 0 bridgehead atoms. The number of carbonyl (C=O) groups excluding carboxylic acids is 1. The second-order valence-corrected chi connectivity index (χ2v) is 7.94. The van der Waals surface area contributed by atoms with Gasteiger partial charge in [-0.15, -0.1) is 0 Å². The zero-order chi connectivity index (χ0) is 19.5. The van der Waals surface area contributed by atoms with Crippen molar-refractivity contribution >= 4 is 16.8 Å². The molecule has 3 aromatic rings. The summed E-state index contributed by atoms with van der Waals surface area (Å²) >= 11 is 0. The van der Waals surface area contributed by atoms with Crippen LogP contribution in [0.15, 0.2) is 60.9 Å². The molecule has 5 nitrogen and oxygen atoms in total. The molecule has 3 heterocycles. The van der Waals surface area contributed by atoms with Crippen molar-refractivity contribution < 1.29 is 4.79 Å². The molecule has 1 aliphatic heterocycles. The van der Waals surface area contributed by atoms with Gasteiger partial charge >= 0.3 is 0 Å². The highest BCUT2D eigenvalue weighted by atomic mass is 16.2. The highest BCUT2D eigenvalue weighted by Gasteiger charge is 2.35. The summed E-state index contributed by atoms with van der Waals surface area (Å²) in [5.74, 6) is 0.594. The SMILES string of the molecule is CC(C)CN(Cc1cccnc1)C1CN(C(=O)c2ccc3ccccc3n2)C1. The van der Waals surface area contributed by atoms with Crippen LogP contribution in [0.4, 0.5) is 0 Å². The van der Waals surface area contributed by atoms with Crippen LogP contribution in [0, 0.1) is 5.92 Å². The van der Waals surface area contributed by atoms with Gasteiger partial charge in [0.2, 0.25) is 0 Å². The number of likely N-dealkylation sites (tertiary alicyclic amines) is 1. The lowest BCUT2D eigenvalue weighted by atomic mass is 10.0. The monoisotopic (exact) mass is 374 g/mol. The Balaban J connectivity index is 1.42. The van der Waals surface area contributed by atoms with E-state index in [0.29, 0.717) is 17.7 Å². The molecule has 0 radical (unpaired) electrons. The van der Waals surface area contributed by atoms with Crippen molar-refractivity contribution in [1.29, 1.82) is 0 Å². The van der Waals surface area contributed by atoms with Crippen LogP contribution in [-0.4, -0.2) is 51.4 Å². The Morgan fingerprint density at radius 2 is 1.96 bits per heavy atom. The maximum Gasteiger partial charge on any atom is 0.272 e. The fraction of sp³-hybridized carbons (Fsp3) is 0.348. The summed E-state index contributed by atoms with van der Waals surface area (Å²) in [7, 11) is 0. The lowest BCUT2D eigenvalue weighted by Crippen LogP contribution is -2.61. The predicted octanol–water partition coefficient (Wildman–Crippen LogP) is 3.61. The molecule has 0 atom stereocenters. The Bertz CT molecular complexity index is 951. The average Bonchev–Trinajstić information content (AvgIpc) is 2.66. The zero-order valence-electron chi connectivity index (χ0n) is 16.5. The maximum absolute atomic E-state index is 12.9. The molecule has 0 aliphatic carbocycles. The fourth-order valence-corrected chi connectivity index (χ4v) is 3.74. The van der Waals surface area contributed by atoms with E-state index in [1.165, 1.54) is 5.56 Å². The van der Waals surface area contributed by atoms with E-state index in [0.717, 1.165) is 37.1 Å². The molecule has 5 heteroatoms. The van der Waals surface area contributed by atoms with Crippen molar-refractivity contribution in [2.45, 2.75) is 26.4 Å². The van der Waals surface area contributed by atoms with Crippen LogP contribution in [0.1, 0.15) is 29.9 Å². The lowest BCUT2D eigenvalue weighted by molar-refractivity contribution is 0.0193. The molecule has 0 N–H and O–H groups in total. The van der Waals surface area contributed by atoms with E-state index in [-0.39, 0.29) is 5.91 Å².